The molecule has 2 aromatic rings. The van der Waals surface area contributed by atoms with Crippen LogP contribution in [0.4, 0.5) is 4.39 Å². The summed E-state index contributed by atoms with van der Waals surface area (Å²) in [6, 6.07) is 3.62. The highest BCUT2D eigenvalue weighted by molar-refractivity contribution is 7.89. The SMILES string of the molecule is COc1ccc(C(=O)COC(=O)CCNS(=O)(=O)c2cn(C)c(C)n2)cc1F. The highest BCUT2D eigenvalue weighted by Crippen LogP contribution is 2.18. The minimum absolute atomic E-state index is 0.0103. The fraction of sp³-hybridized carbons (Fsp3) is 0.353. The van der Waals surface area contributed by atoms with Crippen LogP contribution in [0.2, 0.25) is 0 Å². The number of hydrogen-bond donors (Lipinski definition) is 1. The molecule has 0 saturated carbocycles. The number of ketones is 1. The number of aromatic nitrogens is 2. The van der Waals surface area contributed by atoms with Crippen molar-refractivity contribution < 1.29 is 31.9 Å². The predicted octanol–water partition coefficient (Wildman–Crippen LogP) is 0.971. The van der Waals surface area contributed by atoms with Gasteiger partial charge in [0.15, 0.2) is 29.0 Å². The maximum atomic E-state index is 13.6. The number of benzene rings is 1. The van der Waals surface area contributed by atoms with Crippen LogP contribution < -0.4 is 9.46 Å². The van der Waals surface area contributed by atoms with E-state index in [0.717, 1.165) is 6.07 Å². The van der Waals surface area contributed by atoms with Gasteiger partial charge in [-0.3, -0.25) is 9.59 Å². The van der Waals surface area contributed by atoms with Gasteiger partial charge in [-0.05, 0) is 25.1 Å². The molecule has 0 aliphatic rings. The molecule has 0 spiro atoms. The third kappa shape index (κ3) is 5.36. The van der Waals surface area contributed by atoms with Gasteiger partial charge >= 0.3 is 5.97 Å². The van der Waals surface area contributed by atoms with Crippen molar-refractivity contribution in [1.29, 1.82) is 0 Å². The summed E-state index contributed by atoms with van der Waals surface area (Å²) in [4.78, 5) is 27.6. The summed E-state index contributed by atoms with van der Waals surface area (Å²) < 4.78 is 51.1. The van der Waals surface area contributed by atoms with E-state index in [9.17, 15) is 22.4 Å². The highest BCUT2D eigenvalue weighted by atomic mass is 32.2. The number of esters is 1. The first-order valence-corrected chi connectivity index (χ1v) is 9.64. The number of rotatable bonds is 9. The number of halogens is 1. The zero-order valence-corrected chi connectivity index (χ0v) is 16.4. The average Bonchev–Trinajstić information content (AvgIpc) is 2.99. The zero-order chi connectivity index (χ0) is 20.9. The van der Waals surface area contributed by atoms with Crippen molar-refractivity contribution in [2.24, 2.45) is 7.05 Å². The molecule has 0 fully saturated rings. The molecule has 2 rings (SSSR count). The van der Waals surface area contributed by atoms with Gasteiger partial charge in [-0.15, -0.1) is 0 Å². The van der Waals surface area contributed by atoms with E-state index in [0.29, 0.717) is 5.82 Å². The van der Waals surface area contributed by atoms with Crippen LogP contribution >= 0.6 is 0 Å². The Bertz CT molecular complexity index is 967. The molecule has 0 atom stereocenters. The minimum atomic E-state index is -3.85. The number of nitrogens with zero attached hydrogens (tertiary/aromatic N) is 2. The molecule has 1 aromatic heterocycles. The fourth-order valence-electron chi connectivity index (χ4n) is 2.16. The number of ether oxygens (including phenoxy) is 2. The Hall–Kier alpha value is -2.79. The second kappa shape index (κ2) is 8.93. The molecule has 11 heteroatoms. The Morgan fingerprint density at radius 1 is 1.32 bits per heavy atom. The molecule has 0 aliphatic carbocycles. The van der Waals surface area contributed by atoms with E-state index in [2.05, 4.69) is 9.71 Å². The molecule has 0 radical (unpaired) electrons. The Morgan fingerprint density at radius 2 is 2.04 bits per heavy atom. The molecule has 28 heavy (non-hydrogen) atoms. The van der Waals surface area contributed by atoms with Crippen LogP contribution in [0.15, 0.2) is 29.4 Å². The highest BCUT2D eigenvalue weighted by Gasteiger charge is 2.19. The Kier molecular flexibility index (Phi) is 6.86. The summed E-state index contributed by atoms with van der Waals surface area (Å²) in [7, 11) is -0.900. The molecule has 1 N–H and O–H groups in total. The summed E-state index contributed by atoms with van der Waals surface area (Å²) >= 11 is 0. The number of carbonyl (C=O) groups excluding carboxylic acids is 2. The number of aryl methyl sites for hydroxylation is 2. The smallest absolute Gasteiger partial charge is 0.307 e. The van der Waals surface area contributed by atoms with E-state index in [-0.39, 0.29) is 29.3 Å². The number of Topliss-reactive ketones (excluding diaryl/α,β-unsaturated/α-hetero) is 1. The zero-order valence-electron chi connectivity index (χ0n) is 15.6. The van der Waals surface area contributed by atoms with Gasteiger partial charge in [0.2, 0.25) is 0 Å². The van der Waals surface area contributed by atoms with Gasteiger partial charge in [-0.1, -0.05) is 0 Å². The topological polar surface area (TPSA) is 117 Å². The van der Waals surface area contributed by atoms with Gasteiger partial charge in [0.05, 0.1) is 13.5 Å². The van der Waals surface area contributed by atoms with E-state index in [1.54, 1.807) is 18.5 Å². The number of imidazole rings is 1. The second-order valence-corrected chi connectivity index (χ2v) is 7.53. The van der Waals surface area contributed by atoms with Crippen molar-refractivity contribution in [1.82, 2.24) is 14.3 Å². The lowest BCUT2D eigenvalue weighted by Crippen LogP contribution is -2.27. The Balaban J connectivity index is 1.81. The molecule has 0 amide bonds. The maximum absolute atomic E-state index is 13.6. The van der Waals surface area contributed by atoms with Gasteiger partial charge in [0.25, 0.3) is 10.0 Å². The van der Waals surface area contributed by atoms with Gasteiger partial charge in [0, 0.05) is 25.4 Å². The molecular formula is C17H20FN3O6S. The first kappa shape index (κ1) is 21.5. The number of methoxy groups -OCH3 is 1. The second-order valence-electron chi connectivity index (χ2n) is 5.82. The molecule has 0 bridgehead atoms. The van der Waals surface area contributed by atoms with Crippen molar-refractivity contribution in [2.75, 3.05) is 20.3 Å². The number of nitrogens with one attached hydrogen (secondary N) is 1. The predicted molar refractivity (Wildman–Crippen MR) is 96.0 cm³/mol. The van der Waals surface area contributed by atoms with Crippen LogP contribution in [0.3, 0.4) is 0 Å². The Morgan fingerprint density at radius 3 is 2.61 bits per heavy atom. The van der Waals surface area contributed by atoms with E-state index < -0.39 is 34.2 Å². The molecule has 152 valence electrons. The van der Waals surface area contributed by atoms with Crippen molar-refractivity contribution in [3.05, 3.63) is 41.6 Å². The summed E-state index contributed by atoms with van der Waals surface area (Å²) in [5.41, 5.74) is 0.0253. The summed E-state index contributed by atoms with van der Waals surface area (Å²) in [5, 5.41) is -0.155. The van der Waals surface area contributed by atoms with Crippen LogP contribution in [-0.4, -0.2) is 50.0 Å². The lowest BCUT2D eigenvalue weighted by Gasteiger charge is -2.07. The van der Waals surface area contributed by atoms with E-state index in [1.807, 2.05) is 0 Å². The van der Waals surface area contributed by atoms with Crippen LogP contribution in [0.5, 0.6) is 5.75 Å². The summed E-state index contributed by atoms with van der Waals surface area (Å²) in [5.74, 6) is -1.57. The quantitative estimate of drug-likeness (QED) is 0.481. The first-order chi connectivity index (χ1) is 13.1. The third-order valence-electron chi connectivity index (χ3n) is 3.82. The standard InChI is InChI=1S/C17H20FN3O6S/c1-11-20-16(9-21(11)2)28(24,25)19-7-6-17(23)27-10-14(22)12-4-5-15(26-3)13(18)8-12/h4-5,8-9,19H,6-7,10H2,1-3H3. The monoisotopic (exact) mass is 413 g/mol. The summed E-state index contributed by atoms with van der Waals surface area (Å²) in [6.45, 7) is 0.848. The third-order valence-corrected chi connectivity index (χ3v) is 5.15. The molecule has 1 heterocycles. The van der Waals surface area contributed by atoms with E-state index in [1.165, 1.54) is 25.4 Å². The molecular weight excluding hydrogens is 393 g/mol. The molecule has 0 unspecified atom stereocenters. The van der Waals surface area contributed by atoms with Crippen LogP contribution in [0.25, 0.3) is 0 Å². The van der Waals surface area contributed by atoms with Crippen molar-refractivity contribution in [3.8, 4) is 5.75 Å². The average molecular weight is 413 g/mol. The lowest BCUT2D eigenvalue weighted by molar-refractivity contribution is -0.142. The molecule has 1 aromatic carbocycles. The lowest BCUT2D eigenvalue weighted by atomic mass is 10.1. The summed E-state index contributed by atoms with van der Waals surface area (Å²) in [6.07, 6.45) is 1.07. The van der Waals surface area contributed by atoms with E-state index in [4.69, 9.17) is 9.47 Å². The number of sulfonamides is 1. The molecule has 9 nitrogen and oxygen atoms in total. The van der Waals surface area contributed by atoms with Crippen LogP contribution in [-0.2, 0) is 26.6 Å². The van der Waals surface area contributed by atoms with Crippen molar-refractivity contribution in [2.45, 2.75) is 18.4 Å². The van der Waals surface area contributed by atoms with Gasteiger partial charge < -0.3 is 14.0 Å². The first-order valence-electron chi connectivity index (χ1n) is 8.16. The van der Waals surface area contributed by atoms with Crippen LogP contribution in [0, 0.1) is 12.7 Å². The van der Waals surface area contributed by atoms with Gasteiger partial charge in [0.1, 0.15) is 5.82 Å². The largest absolute Gasteiger partial charge is 0.494 e. The van der Waals surface area contributed by atoms with Crippen molar-refractivity contribution >= 4 is 21.8 Å². The van der Waals surface area contributed by atoms with Crippen molar-refractivity contribution in [3.63, 3.8) is 0 Å². The maximum Gasteiger partial charge on any atom is 0.307 e. The fourth-order valence-corrected chi connectivity index (χ4v) is 3.23. The minimum Gasteiger partial charge on any atom is -0.494 e. The Labute approximate surface area is 161 Å². The molecule has 0 saturated heterocycles. The van der Waals surface area contributed by atoms with E-state index >= 15 is 0 Å². The number of hydrogen-bond acceptors (Lipinski definition) is 7. The number of carbonyl (C=O) groups is 2. The van der Waals surface area contributed by atoms with Crippen LogP contribution in [0.1, 0.15) is 22.6 Å². The van der Waals surface area contributed by atoms with Gasteiger partial charge in [-0.2, -0.15) is 0 Å². The molecule has 0 aliphatic heterocycles. The van der Waals surface area contributed by atoms with Gasteiger partial charge in [-0.25, -0.2) is 22.5 Å². The normalized spacial score (nSPS) is 11.3.